The van der Waals surface area contributed by atoms with Crippen LogP contribution in [0.2, 0.25) is 5.02 Å². The summed E-state index contributed by atoms with van der Waals surface area (Å²) < 4.78 is 5.73. The Balaban J connectivity index is 2.04. The minimum Gasteiger partial charge on any atom is -0.441 e. The Bertz CT molecular complexity index is 536. The number of nitrogens with zero attached hydrogens (tertiary/aromatic N) is 1. The lowest BCUT2D eigenvalue weighted by atomic mass is 9.88. The molecular formula is C15H21ClN2O. The Morgan fingerprint density at radius 2 is 2.11 bits per heavy atom. The monoisotopic (exact) mass is 280 g/mol. The molecule has 1 heterocycles. The van der Waals surface area contributed by atoms with Gasteiger partial charge in [0.2, 0.25) is 0 Å². The standard InChI is InChI=1S/C15H21ClN2O/c1-10(2)11(7-8-17)3-6-15-18-13-9-12(16)4-5-14(13)19-15/h4-5,9-11H,3,6-8,17H2,1-2H3. The predicted molar refractivity (Wildman–Crippen MR) is 79.3 cm³/mol. The summed E-state index contributed by atoms with van der Waals surface area (Å²) in [4.78, 5) is 4.48. The van der Waals surface area contributed by atoms with Crippen LogP contribution in [0, 0.1) is 11.8 Å². The Labute approximate surface area is 119 Å². The largest absolute Gasteiger partial charge is 0.441 e. The third-order valence-electron chi connectivity index (χ3n) is 3.60. The molecule has 0 fully saturated rings. The summed E-state index contributed by atoms with van der Waals surface area (Å²) in [6.07, 6.45) is 2.98. The van der Waals surface area contributed by atoms with Gasteiger partial charge in [-0.05, 0) is 49.4 Å². The second kappa shape index (κ2) is 6.40. The maximum absolute atomic E-state index is 5.94. The Morgan fingerprint density at radius 1 is 1.32 bits per heavy atom. The van der Waals surface area contributed by atoms with Crippen molar-refractivity contribution < 1.29 is 4.42 Å². The van der Waals surface area contributed by atoms with Gasteiger partial charge < -0.3 is 10.2 Å². The van der Waals surface area contributed by atoms with Crippen LogP contribution in [0.5, 0.6) is 0 Å². The van der Waals surface area contributed by atoms with E-state index in [1.54, 1.807) is 0 Å². The van der Waals surface area contributed by atoms with Gasteiger partial charge in [-0.2, -0.15) is 0 Å². The molecule has 1 unspecified atom stereocenters. The number of hydrogen-bond donors (Lipinski definition) is 1. The van der Waals surface area contributed by atoms with Crippen molar-refractivity contribution in [2.45, 2.75) is 33.1 Å². The highest BCUT2D eigenvalue weighted by Gasteiger charge is 2.14. The first kappa shape index (κ1) is 14.4. The lowest BCUT2D eigenvalue weighted by molar-refractivity contribution is 0.330. The zero-order valence-electron chi connectivity index (χ0n) is 11.5. The highest BCUT2D eigenvalue weighted by atomic mass is 35.5. The van der Waals surface area contributed by atoms with Gasteiger partial charge in [-0.3, -0.25) is 0 Å². The summed E-state index contributed by atoms with van der Waals surface area (Å²) in [7, 11) is 0. The number of benzene rings is 1. The fourth-order valence-corrected chi connectivity index (χ4v) is 2.56. The molecule has 0 aliphatic rings. The SMILES string of the molecule is CC(C)C(CCN)CCc1nc2cc(Cl)ccc2o1. The average molecular weight is 281 g/mol. The first-order chi connectivity index (χ1) is 9.10. The average Bonchev–Trinajstić information content (AvgIpc) is 2.75. The second-order valence-electron chi connectivity index (χ2n) is 5.34. The minimum atomic E-state index is 0.628. The maximum atomic E-state index is 5.94. The van der Waals surface area contributed by atoms with E-state index in [2.05, 4.69) is 18.8 Å². The molecule has 1 atom stereocenters. The molecule has 0 saturated heterocycles. The summed E-state index contributed by atoms with van der Waals surface area (Å²) in [5.41, 5.74) is 7.30. The van der Waals surface area contributed by atoms with E-state index in [-0.39, 0.29) is 0 Å². The maximum Gasteiger partial charge on any atom is 0.195 e. The predicted octanol–water partition coefficient (Wildman–Crippen LogP) is 4.03. The number of fused-ring (bicyclic) bond motifs is 1. The van der Waals surface area contributed by atoms with Crippen LogP contribution in [0.4, 0.5) is 0 Å². The van der Waals surface area contributed by atoms with Crippen molar-refractivity contribution in [3.8, 4) is 0 Å². The molecule has 0 saturated carbocycles. The van der Waals surface area contributed by atoms with E-state index in [1.165, 1.54) is 0 Å². The number of oxazole rings is 1. The van der Waals surface area contributed by atoms with Crippen LogP contribution in [-0.4, -0.2) is 11.5 Å². The fraction of sp³-hybridized carbons (Fsp3) is 0.533. The molecule has 0 bridgehead atoms. The molecule has 0 aliphatic heterocycles. The van der Waals surface area contributed by atoms with Gasteiger partial charge in [-0.15, -0.1) is 0 Å². The number of nitrogens with two attached hydrogens (primary N) is 1. The number of halogens is 1. The molecule has 0 aliphatic carbocycles. The van der Waals surface area contributed by atoms with Crippen LogP contribution in [0.25, 0.3) is 11.1 Å². The normalized spacial score (nSPS) is 13.3. The molecule has 0 amide bonds. The van der Waals surface area contributed by atoms with Crippen molar-refractivity contribution in [2.24, 2.45) is 17.6 Å². The van der Waals surface area contributed by atoms with E-state index < -0.39 is 0 Å². The molecule has 1 aromatic carbocycles. The zero-order valence-corrected chi connectivity index (χ0v) is 12.3. The number of aromatic nitrogens is 1. The first-order valence-electron chi connectivity index (χ1n) is 6.85. The topological polar surface area (TPSA) is 52.0 Å². The Hall–Kier alpha value is -1.06. The number of aryl methyl sites for hydroxylation is 1. The van der Waals surface area contributed by atoms with Crippen LogP contribution in [0.1, 0.15) is 32.6 Å². The van der Waals surface area contributed by atoms with Gasteiger partial charge in [0, 0.05) is 11.4 Å². The number of rotatable bonds is 6. The summed E-state index contributed by atoms with van der Waals surface area (Å²) in [6, 6.07) is 5.53. The van der Waals surface area contributed by atoms with E-state index in [1.807, 2.05) is 18.2 Å². The third-order valence-corrected chi connectivity index (χ3v) is 3.84. The van der Waals surface area contributed by atoms with E-state index in [4.69, 9.17) is 21.8 Å². The molecule has 0 spiro atoms. The lowest BCUT2D eigenvalue weighted by Gasteiger charge is -2.18. The van der Waals surface area contributed by atoms with Crippen LogP contribution < -0.4 is 5.73 Å². The van der Waals surface area contributed by atoms with Crippen molar-refractivity contribution in [3.05, 3.63) is 29.1 Å². The molecule has 2 aromatic rings. The molecule has 1 aromatic heterocycles. The van der Waals surface area contributed by atoms with Crippen LogP contribution >= 0.6 is 11.6 Å². The van der Waals surface area contributed by atoms with E-state index >= 15 is 0 Å². The van der Waals surface area contributed by atoms with Gasteiger partial charge in [-0.25, -0.2) is 4.98 Å². The van der Waals surface area contributed by atoms with E-state index in [0.29, 0.717) is 16.9 Å². The molecule has 3 nitrogen and oxygen atoms in total. The van der Waals surface area contributed by atoms with Crippen molar-refractivity contribution in [1.82, 2.24) is 4.98 Å². The van der Waals surface area contributed by atoms with Crippen LogP contribution in [0.15, 0.2) is 22.6 Å². The van der Waals surface area contributed by atoms with E-state index in [9.17, 15) is 0 Å². The number of hydrogen-bond acceptors (Lipinski definition) is 3. The fourth-order valence-electron chi connectivity index (χ4n) is 2.39. The Morgan fingerprint density at radius 3 is 2.79 bits per heavy atom. The Kier molecular flexibility index (Phi) is 4.83. The molecule has 2 rings (SSSR count). The minimum absolute atomic E-state index is 0.628. The van der Waals surface area contributed by atoms with Gasteiger partial charge in [0.25, 0.3) is 0 Å². The summed E-state index contributed by atoms with van der Waals surface area (Å²) >= 11 is 5.94. The molecule has 2 N–H and O–H groups in total. The summed E-state index contributed by atoms with van der Waals surface area (Å²) in [6.45, 7) is 5.23. The molecule has 104 valence electrons. The summed E-state index contributed by atoms with van der Waals surface area (Å²) in [5.74, 6) is 2.06. The third kappa shape index (κ3) is 3.71. The van der Waals surface area contributed by atoms with Gasteiger partial charge in [-0.1, -0.05) is 25.4 Å². The van der Waals surface area contributed by atoms with Gasteiger partial charge in [0.05, 0.1) is 0 Å². The lowest BCUT2D eigenvalue weighted by Crippen LogP contribution is -2.15. The molecule has 0 radical (unpaired) electrons. The van der Waals surface area contributed by atoms with Crippen LogP contribution in [0.3, 0.4) is 0 Å². The quantitative estimate of drug-likeness (QED) is 0.869. The first-order valence-corrected chi connectivity index (χ1v) is 7.23. The van der Waals surface area contributed by atoms with Crippen molar-refractivity contribution >= 4 is 22.7 Å². The summed E-state index contributed by atoms with van der Waals surface area (Å²) in [5, 5.41) is 0.690. The van der Waals surface area contributed by atoms with Crippen molar-refractivity contribution in [2.75, 3.05) is 6.54 Å². The van der Waals surface area contributed by atoms with Gasteiger partial charge in [0.15, 0.2) is 11.5 Å². The van der Waals surface area contributed by atoms with Crippen molar-refractivity contribution in [1.29, 1.82) is 0 Å². The molecular weight excluding hydrogens is 260 g/mol. The van der Waals surface area contributed by atoms with Gasteiger partial charge >= 0.3 is 0 Å². The van der Waals surface area contributed by atoms with Crippen molar-refractivity contribution in [3.63, 3.8) is 0 Å². The van der Waals surface area contributed by atoms with E-state index in [0.717, 1.165) is 42.8 Å². The molecule has 4 heteroatoms. The smallest absolute Gasteiger partial charge is 0.195 e. The highest BCUT2D eigenvalue weighted by Crippen LogP contribution is 2.24. The molecule has 19 heavy (non-hydrogen) atoms. The zero-order chi connectivity index (χ0) is 13.8. The second-order valence-corrected chi connectivity index (χ2v) is 5.78. The highest BCUT2D eigenvalue weighted by molar-refractivity contribution is 6.31. The van der Waals surface area contributed by atoms with Gasteiger partial charge in [0.1, 0.15) is 5.52 Å². The van der Waals surface area contributed by atoms with Crippen LogP contribution in [-0.2, 0) is 6.42 Å².